The maximum absolute atomic E-state index is 12.6. The van der Waals surface area contributed by atoms with Crippen LogP contribution >= 0.6 is 11.8 Å². The van der Waals surface area contributed by atoms with Gasteiger partial charge in [-0.25, -0.2) is 0 Å². The molecule has 0 aromatic heterocycles. The van der Waals surface area contributed by atoms with Gasteiger partial charge in [0.2, 0.25) is 11.0 Å². The van der Waals surface area contributed by atoms with Gasteiger partial charge in [-0.15, -0.1) is 0 Å². The summed E-state index contributed by atoms with van der Waals surface area (Å²) in [4.78, 5) is 48.1. The zero-order chi connectivity index (χ0) is 21.4. The highest BCUT2D eigenvalue weighted by Crippen LogP contribution is 2.23. The molecule has 0 heterocycles. The summed E-state index contributed by atoms with van der Waals surface area (Å²) in [6.07, 6.45) is -1.22. The van der Waals surface area contributed by atoms with Crippen LogP contribution in [0.25, 0.3) is 0 Å². The number of hydrogen-bond donors (Lipinski definition) is 2. The molecular formula is C22H23NO5S. The minimum absolute atomic E-state index is 0.0325. The third-order valence-electron chi connectivity index (χ3n) is 4.23. The van der Waals surface area contributed by atoms with Gasteiger partial charge in [0.05, 0.1) is 6.04 Å². The molecule has 2 aromatic rings. The molecule has 0 aliphatic heterocycles. The van der Waals surface area contributed by atoms with Crippen LogP contribution in [0.15, 0.2) is 54.6 Å². The lowest BCUT2D eigenvalue weighted by Gasteiger charge is -2.16. The van der Waals surface area contributed by atoms with Crippen molar-refractivity contribution in [3.63, 3.8) is 0 Å². The van der Waals surface area contributed by atoms with Crippen molar-refractivity contribution >= 4 is 34.4 Å². The standard InChI is InChI=1S/C22H23NO5S/c1-3-19(25)18(23-14(2)24)13-29-22(28)21(27)17-11-7-10-16(12-17)20(26)15-8-5-4-6-9-15/h4-12,18,21,27H,3,13H2,1-2H3,(H,23,24). The van der Waals surface area contributed by atoms with E-state index in [9.17, 15) is 24.3 Å². The van der Waals surface area contributed by atoms with E-state index >= 15 is 0 Å². The van der Waals surface area contributed by atoms with Crippen molar-refractivity contribution in [2.75, 3.05) is 5.75 Å². The fourth-order valence-corrected chi connectivity index (χ4v) is 3.59. The summed E-state index contributed by atoms with van der Waals surface area (Å²) >= 11 is 0.774. The molecule has 0 bridgehead atoms. The van der Waals surface area contributed by atoms with Crippen LogP contribution in [0, 0.1) is 0 Å². The van der Waals surface area contributed by atoms with E-state index in [0.717, 1.165) is 11.8 Å². The summed E-state index contributed by atoms with van der Waals surface area (Å²) in [5, 5.41) is 12.4. The maximum atomic E-state index is 12.6. The second-order valence-corrected chi connectivity index (χ2v) is 7.45. The Balaban J connectivity index is 2.08. The topological polar surface area (TPSA) is 101 Å². The summed E-state index contributed by atoms with van der Waals surface area (Å²) in [5.74, 6) is -0.730. The van der Waals surface area contributed by atoms with Crippen LogP contribution in [0.3, 0.4) is 0 Å². The van der Waals surface area contributed by atoms with Crippen molar-refractivity contribution in [2.45, 2.75) is 32.4 Å². The minimum atomic E-state index is -1.45. The highest BCUT2D eigenvalue weighted by atomic mass is 32.2. The van der Waals surface area contributed by atoms with Crippen LogP contribution in [0.5, 0.6) is 0 Å². The Morgan fingerprint density at radius 2 is 1.66 bits per heavy atom. The van der Waals surface area contributed by atoms with E-state index < -0.39 is 17.3 Å². The summed E-state index contributed by atoms with van der Waals surface area (Å²) in [7, 11) is 0. The number of amides is 1. The molecule has 2 unspecified atom stereocenters. The summed E-state index contributed by atoms with van der Waals surface area (Å²) < 4.78 is 0. The Morgan fingerprint density at radius 3 is 2.28 bits per heavy atom. The van der Waals surface area contributed by atoms with E-state index in [0.29, 0.717) is 16.7 Å². The number of aliphatic hydroxyl groups excluding tert-OH is 1. The number of rotatable bonds is 9. The average molecular weight is 413 g/mol. The van der Waals surface area contributed by atoms with E-state index in [1.165, 1.54) is 13.0 Å². The first kappa shape index (κ1) is 22.5. The van der Waals surface area contributed by atoms with E-state index in [1.807, 2.05) is 6.07 Å². The van der Waals surface area contributed by atoms with Crippen LogP contribution in [-0.4, -0.2) is 39.5 Å². The lowest BCUT2D eigenvalue weighted by Crippen LogP contribution is -2.41. The van der Waals surface area contributed by atoms with Crippen LogP contribution < -0.4 is 5.32 Å². The number of nitrogens with one attached hydrogen (secondary N) is 1. The number of thioether (sulfide) groups is 1. The average Bonchev–Trinajstić information content (AvgIpc) is 2.75. The molecule has 6 nitrogen and oxygen atoms in total. The molecule has 7 heteroatoms. The van der Waals surface area contributed by atoms with Gasteiger partial charge in [0.1, 0.15) is 6.10 Å². The van der Waals surface area contributed by atoms with E-state index in [2.05, 4.69) is 5.32 Å². The molecule has 0 saturated carbocycles. The Morgan fingerprint density at radius 1 is 1.00 bits per heavy atom. The Labute approximate surface area is 173 Å². The Hall–Kier alpha value is -2.77. The van der Waals surface area contributed by atoms with Gasteiger partial charge in [-0.1, -0.05) is 67.2 Å². The Kier molecular flexibility index (Phi) is 8.30. The third-order valence-corrected chi connectivity index (χ3v) is 5.24. The third kappa shape index (κ3) is 6.37. The minimum Gasteiger partial charge on any atom is -0.380 e. The van der Waals surface area contributed by atoms with Crippen LogP contribution in [0.4, 0.5) is 0 Å². The largest absolute Gasteiger partial charge is 0.380 e. The summed E-state index contributed by atoms with van der Waals surface area (Å²) in [5.41, 5.74) is 1.17. The number of Topliss-reactive ketones (excluding diaryl/α,β-unsaturated/α-hetero) is 1. The molecule has 1 amide bonds. The lowest BCUT2D eigenvalue weighted by atomic mass is 10.00. The molecule has 2 rings (SSSR count). The monoisotopic (exact) mass is 413 g/mol. The van der Waals surface area contributed by atoms with Gasteiger partial charge in [0, 0.05) is 30.2 Å². The molecule has 2 N–H and O–H groups in total. The Bertz CT molecular complexity index is 897. The number of carbonyl (C=O) groups is 4. The van der Waals surface area contributed by atoms with Gasteiger partial charge in [0.25, 0.3) is 0 Å². The molecule has 29 heavy (non-hydrogen) atoms. The van der Waals surface area contributed by atoms with E-state index in [-0.39, 0.29) is 29.6 Å². The molecule has 2 aromatic carbocycles. The number of aliphatic hydroxyl groups is 1. The zero-order valence-electron chi connectivity index (χ0n) is 16.3. The molecule has 0 radical (unpaired) electrons. The van der Waals surface area contributed by atoms with Gasteiger partial charge >= 0.3 is 0 Å². The molecule has 0 saturated heterocycles. The van der Waals surface area contributed by atoms with Crippen molar-refractivity contribution in [1.82, 2.24) is 5.32 Å². The molecule has 152 valence electrons. The van der Waals surface area contributed by atoms with Crippen molar-refractivity contribution < 1.29 is 24.3 Å². The fourth-order valence-electron chi connectivity index (χ4n) is 2.69. The van der Waals surface area contributed by atoms with Crippen LogP contribution in [-0.2, 0) is 14.4 Å². The van der Waals surface area contributed by atoms with Gasteiger partial charge < -0.3 is 10.4 Å². The van der Waals surface area contributed by atoms with Crippen LogP contribution in [0.2, 0.25) is 0 Å². The van der Waals surface area contributed by atoms with Gasteiger partial charge in [-0.3, -0.25) is 19.2 Å². The van der Waals surface area contributed by atoms with Crippen LogP contribution in [0.1, 0.15) is 47.9 Å². The zero-order valence-corrected chi connectivity index (χ0v) is 17.1. The highest BCUT2D eigenvalue weighted by Gasteiger charge is 2.24. The number of carbonyl (C=O) groups excluding carboxylic acids is 4. The van der Waals surface area contributed by atoms with E-state index in [4.69, 9.17) is 0 Å². The SMILES string of the molecule is CCC(=O)C(CSC(=O)C(O)c1cccc(C(=O)c2ccccc2)c1)NC(C)=O. The molecule has 0 spiro atoms. The quantitative estimate of drug-likeness (QED) is 0.613. The maximum Gasteiger partial charge on any atom is 0.222 e. The summed E-state index contributed by atoms with van der Waals surface area (Å²) in [6, 6.07) is 14.2. The molecule has 2 atom stereocenters. The van der Waals surface area contributed by atoms with Crippen molar-refractivity contribution in [3.05, 3.63) is 71.3 Å². The van der Waals surface area contributed by atoms with E-state index in [1.54, 1.807) is 49.4 Å². The van der Waals surface area contributed by atoms with Crippen molar-refractivity contribution in [3.8, 4) is 0 Å². The molecule has 0 aliphatic carbocycles. The normalized spacial score (nSPS) is 12.7. The molecular weight excluding hydrogens is 390 g/mol. The highest BCUT2D eigenvalue weighted by molar-refractivity contribution is 8.13. The number of ketones is 2. The van der Waals surface area contributed by atoms with Gasteiger partial charge in [-0.05, 0) is 11.6 Å². The summed E-state index contributed by atoms with van der Waals surface area (Å²) in [6.45, 7) is 2.97. The first-order valence-corrected chi connectivity index (χ1v) is 10.2. The smallest absolute Gasteiger partial charge is 0.222 e. The number of benzene rings is 2. The second-order valence-electron chi connectivity index (χ2n) is 6.43. The van der Waals surface area contributed by atoms with Gasteiger partial charge in [-0.2, -0.15) is 0 Å². The lowest BCUT2D eigenvalue weighted by molar-refractivity contribution is -0.126. The van der Waals surface area contributed by atoms with Crippen molar-refractivity contribution in [1.29, 1.82) is 0 Å². The first-order valence-electron chi connectivity index (χ1n) is 9.17. The second kappa shape index (κ2) is 10.7. The van der Waals surface area contributed by atoms with Gasteiger partial charge in [0.15, 0.2) is 11.6 Å². The van der Waals surface area contributed by atoms with Crippen molar-refractivity contribution in [2.24, 2.45) is 0 Å². The predicted molar refractivity (Wildman–Crippen MR) is 112 cm³/mol. The predicted octanol–water partition coefficient (Wildman–Crippen LogP) is 2.69. The molecule has 0 fully saturated rings. The molecule has 0 aliphatic rings. The number of hydrogen-bond acceptors (Lipinski definition) is 6. The fraction of sp³-hybridized carbons (Fsp3) is 0.273. The first-order chi connectivity index (χ1) is 13.8.